The van der Waals surface area contributed by atoms with Crippen molar-refractivity contribution in [3.8, 4) is 0 Å². The Morgan fingerprint density at radius 3 is 2.50 bits per heavy atom. The highest BCUT2D eigenvalue weighted by Gasteiger charge is 2.50. The van der Waals surface area contributed by atoms with Gasteiger partial charge in [-0.1, -0.05) is 13.8 Å². The maximum atomic E-state index is 10.9. The third-order valence-corrected chi connectivity index (χ3v) is 3.10. The van der Waals surface area contributed by atoms with Gasteiger partial charge in [-0.05, 0) is 12.8 Å². The summed E-state index contributed by atoms with van der Waals surface area (Å²) < 4.78 is 10.7. The Kier molecular flexibility index (Phi) is 5.22. The highest BCUT2D eigenvalue weighted by molar-refractivity contribution is 5.75. The minimum absolute atomic E-state index is 0.0472. The summed E-state index contributed by atoms with van der Waals surface area (Å²) in [6.07, 6.45) is 3.06. The van der Waals surface area contributed by atoms with E-state index in [1.54, 1.807) is 7.05 Å². The van der Waals surface area contributed by atoms with Gasteiger partial charge in [-0.2, -0.15) is 0 Å². The van der Waals surface area contributed by atoms with Gasteiger partial charge in [-0.25, -0.2) is 0 Å². The summed E-state index contributed by atoms with van der Waals surface area (Å²) in [5.41, 5.74) is 0.456. The molecule has 0 aromatic heterocycles. The second-order valence-corrected chi connectivity index (χ2v) is 4.32. The summed E-state index contributed by atoms with van der Waals surface area (Å²) in [7, 11) is 1.65. The molecule has 0 atom stereocenters. The van der Waals surface area contributed by atoms with Gasteiger partial charge < -0.3 is 14.8 Å². The molecule has 2 aliphatic rings. The van der Waals surface area contributed by atoms with Crippen LogP contribution in [-0.2, 0) is 14.3 Å². The number of amides is 1. The van der Waals surface area contributed by atoms with E-state index < -0.39 is 0 Å². The molecule has 0 radical (unpaired) electrons. The van der Waals surface area contributed by atoms with Crippen LogP contribution < -0.4 is 5.32 Å². The van der Waals surface area contributed by atoms with Gasteiger partial charge >= 0.3 is 0 Å². The van der Waals surface area contributed by atoms with Crippen LogP contribution in [0.4, 0.5) is 0 Å². The van der Waals surface area contributed by atoms with Crippen molar-refractivity contribution in [3.05, 3.63) is 0 Å². The molecular weight excluding hydrogens is 206 g/mol. The molecule has 1 aliphatic heterocycles. The van der Waals surface area contributed by atoms with Crippen LogP contribution in [0, 0.1) is 5.41 Å². The van der Waals surface area contributed by atoms with Crippen molar-refractivity contribution in [3.63, 3.8) is 0 Å². The molecule has 4 heteroatoms. The molecule has 4 nitrogen and oxygen atoms in total. The SMILES string of the molecule is CC.CNC(=O)CCOC1CC2(COC2)C1. The first kappa shape index (κ1) is 13.5. The Labute approximate surface area is 97.7 Å². The average Bonchev–Trinajstić information content (AvgIpc) is 2.21. The normalized spacial score (nSPS) is 21.4. The lowest BCUT2D eigenvalue weighted by Crippen LogP contribution is -2.55. The zero-order chi connectivity index (χ0) is 12.0. The first-order valence-electron chi connectivity index (χ1n) is 6.14. The zero-order valence-corrected chi connectivity index (χ0v) is 10.5. The number of carbonyl (C=O) groups is 1. The molecule has 0 aromatic rings. The molecular formula is C12H23NO3. The van der Waals surface area contributed by atoms with E-state index in [-0.39, 0.29) is 5.91 Å². The van der Waals surface area contributed by atoms with E-state index in [2.05, 4.69) is 5.32 Å². The Morgan fingerprint density at radius 2 is 2.06 bits per heavy atom. The summed E-state index contributed by atoms with van der Waals surface area (Å²) in [6.45, 7) is 6.35. The van der Waals surface area contributed by atoms with Gasteiger partial charge in [-0.15, -0.1) is 0 Å². The minimum Gasteiger partial charge on any atom is -0.380 e. The maximum absolute atomic E-state index is 10.9. The maximum Gasteiger partial charge on any atom is 0.222 e. The lowest BCUT2D eigenvalue weighted by Gasteiger charge is -2.52. The Balaban J connectivity index is 0.000000606. The number of hydrogen-bond acceptors (Lipinski definition) is 3. The molecule has 1 amide bonds. The van der Waals surface area contributed by atoms with E-state index in [1.165, 1.54) is 0 Å². The van der Waals surface area contributed by atoms with Gasteiger partial charge in [0.2, 0.25) is 5.91 Å². The summed E-state index contributed by atoms with van der Waals surface area (Å²) >= 11 is 0. The van der Waals surface area contributed by atoms with Crippen LogP contribution >= 0.6 is 0 Å². The highest BCUT2D eigenvalue weighted by Crippen LogP contribution is 2.48. The molecule has 94 valence electrons. The number of carbonyl (C=O) groups excluding carboxylic acids is 1. The van der Waals surface area contributed by atoms with Crippen LogP contribution in [0.2, 0.25) is 0 Å². The number of ether oxygens (including phenoxy) is 2. The Hall–Kier alpha value is -0.610. The molecule has 2 fully saturated rings. The predicted molar refractivity (Wildman–Crippen MR) is 62.3 cm³/mol. The fourth-order valence-corrected chi connectivity index (χ4v) is 2.09. The highest BCUT2D eigenvalue weighted by atomic mass is 16.5. The number of nitrogens with one attached hydrogen (secondary N) is 1. The largest absolute Gasteiger partial charge is 0.380 e. The van der Waals surface area contributed by atoms with E-state index in [0.29, 0.717) is 24.5 Å². The van der Waals surface area contributed by atoms with Crippen LogP contribution in [0.5, 0.6) is 0 Å². The lowest BCUT2D eigenvalue weighted by atomic mass is 9.65. The summed E-state index contributed by atoms with van der Waals surface area (Å²) in [4.78, 5) is 10.9. The number of rotatable bonds is 4. The van der Waals surface area contributed by atoms with Crippen molar-refractivity contribution in [2.75, 3.05) is 26.9 Å². The van der Waals surface area contributed by atoms with Crippen LogP contribution in [0.15, 0.2) is 0 Å². The molecule has 1 saturated carbocycles. The van der Waals surface area contributed by atoms with Gasteiger partial charge in [0.15, 0.2) is 0 Å². The Morgan fingerprint density at radius 1 is 1.44 bits per heavy atom. The van der Waals surface area contributed by atoms with E-state index >= 15 is 0 Å². The molecule has 1 aliphatic carbocycles. The Bertz CT molecular complexity index is 218. The van der Waals surface area contributed by atoms with Gasteiger partial charge in [0.1, 0.15) is 0 Å². The zero-order valence-electron chi connectivity index (χ0n) is 10.5. The molecule has 1 N–H and O–H groups in total. The fourth-order valence-electron chi connectivity index (χ4n) is 2.09. The van der Waals surface area contributed by atoms with E-state index in [1.807, 2.05) is 13.8 Å². The number of hydrogen-bond donors (Lipinski definition) is 1. The monoisotopic (exact) mass is 229 g/mol. The molecule has 1 saturated heterocycles. The van der Waals surface area contributed by atoms with Crippen molar-refractivity contribution in [2.24, 2.45) is 5.41 Å². The molecule has 0 bridgehead atoms. The van der Waals surface area contributed by atoms with Crippen molar-refractivity contribution in [2.45, 2.75) is 39.2 Å². The molecule has 1 spiro atoms. The first-order chi connectivity index (χ1) is 7.74. The summed E-state index contributed by atoms with van der Waals surface area (Å²) in [5, 5.41) is 2.57. The van der Waals surface area contributed by atoms with Crippen molar-refractivity contribution in [1.29, 1.82) is 0 Å². The predicted octanol–water partition coefficient (Wildman–Crippen LogP) is 1.34. The topological polar surface area (TPSA) is 47.6 Å². The van der Waals surface area contributed by atoms with Gasteiger partial charge in [0.25, 0.3) is 0 Å². The summed E-state index contributed by atoms with van der Waals surface area (Å²) in [6, 6.07) is 0. The van der Waals surface area contributed by atoms with E-state index in [4.69, 9.17) is 9.47 Å². The van der Waals surface area contributed by atoms with E-state index in [9.17, 15) is 4.79 Å². The summed E-state index contributed by atoms with van der Waals surface area (Å²) in [5.74, 6) is 0.0472. The third kappa shape index (κ3) is 3.19. The van der Waals surface area contributed by atoms with Gasteiger partial charge in [0.05, 0.1) is 25.9 Å². The van der Waals surface area contributed by atoms with Crippen LogP contribution in [0.25, 0.3) is 0 Å². The van der Waals surface area contributed by atoms with Crippen LogP contribution in [-0.4, -0.2) is 38.9 Å². The molecule has 0 aromatic carbocycles. The minimum atomic E-state index is 0.0472. The molecule has 1 heterocycles. The lowest BCUT2D eigenvalue weighted by molar-refractivity contribution is -0.209. The third-order valence-electron chi connectivity index (χ3n) is 3.10. The molecule has 0 unspecified atom stereocenters. The fraction of sp³-hybridized carbons (Fsp3) is 0.917. The average molecular weight is 229 g/mol. The molecule has 16 heavy (non-hydrogen) atoms. The van der Waals surface area contributed by atoms with Crippen LogP contribution in [0.3, 0.4) is 0 Å². The first-order valence-corrected chi connectivity index (χ1v) is 6.14. The molecule has 2 rings (SSSR count). The van der Waals surface area contributed by atoms with E-state index in [0.717, 1.165) is 26.1 Å². The smallest absolute Gasteiger partial charge is 0.222 e. The quantitative estimate of drug-likeness (QED) is 0.791. The second-order valence-electron chi connectivity index (χ2n) is 4.32. The van der Waals surface area contributed by atoms with Crippen molar-refractivity contribution in [1.82, 2.24) is 5.32 Å². The second kappa shape index (κ2) is 6.21. The van der Waals surface area contributed by atoms with Gasteiger partial charge in [-0.3, -0.25) is 4.79 Å². The van der Waals surface area contributed by atoms with Crippen molar-refractivity contribution >= 4 is 5.91 Å². The van der Waals surface area contributed by atoms with Crippen molar-refractivity contribution < 1.29 is 14.3 Å². The van der Waals surface area contributed by atoms with Crippen LogP contribution in [0.1, 0.15) is 33.1 Å². The van der Waals surface area contributed by atoms with Gasteiger partial charge in [0, 0.05) is 18.9 Å². The standard InChI is InChI=1S/C10H17NO3.C2H6/c1-11-9(12)2-3-14-8-4-10(5-8)6-13-7-10;1-2/h8H,2-7H2,1H3,(H,11,12);1-2H3.